The third-order valence-electron chi connectivity index (χ3n) is 3.31. The molecular weight excluding hydrogens is 252 g/mol. The van der Waals surface area contributed by atoms with Crippen molar-refractivity contribution < 1.29 is 0 Å². The van der Waals surface area contributed by atoms with Gasteiger partial charge in [-0.1, -0.05) is 6.07 Å². The van der Waals surface area contributed by atoms with Crippen molar-refractivity contribution in [3.63, 3.8) is 0 Å². The standard InChI is InChI=1S/C14H22N6/c1-10-5-6-12(20-7-3-2-4-8-20)11(9-10)18-14(17)19-13(15)16/h5-6,9H,2-4,7-8H2,1H3,(H6,15,16,17,18,19). The highest BCUT2D eigenvalue weighted by molar-refractivity contribution is 5.94. The molecule has 1 aliphatic heterocycles. The van der Waals surface area contributed by atoms with E-state index in [-0.39, 0.29) is 11.9 Å². The number of hydrogen-bond donors (Lipinski definition) is 3. The Labute approximate surface area is 119 Å². The molecule has 0 saturated carbocycles. The third-order valence-corrected chi connectivity index (χ3v) is 3.31. The van der Waals surface area contributed by atoms with Crippen molar-refractivity contribution in [3.8, 4) is 0 Å². The lowest BCUT2D eigenvalue weighted by atomic mass is 10.1. The average Bonchev–Trinajstić information content (AvgIpc) is 2.39. The van der Waals surface area contributed by atoms with Crippen molar-refractivity contribution in [3.05, 3.63) is 23.8 Å². The number of nitrogens with two attached hydrogens (primary N) is 3. The molecule has 0 radical (unpaired) electrons. The fourth-order valence-electron chi connectivity index (χ4n) is 2.41. The summed E-state index contributed by atoms with van der Waals surface area (Å²) in [5.41, 5.74) is 19.4. The second-order valence-corrected chi connectivity index (χ2v) is 5.05. The van der Waals surface area contributed by atoms with Gasteiger partial charge < -0.3 is 22.1 Å². The second-order valence-electron chi connectivity index (χ2n) is 5.05. The Morgan fingerprint density at radius 1 is 1.10 bits per heavy atom. The second kappa shape index (κ2) is 6.27. The molecule has 0 spiro atoms. The highest BCUT2D eigenvalue weighted by Crippen LogP contribution is 2.31. The zero-order chi connectivity index (χ0) is 14.5. The van der Waals surface area contributed by atoms with Gasteiger partial charge in [0.1, 0.15) is 0 Å². The number of aliphatic imine (C=N–C) groups is 2. The molecule has 0 bridgehead atoms. The quantitative estimate of drug-likeness (QED) is 0.556. The maximum atomic E-state index is 5.74. The third kappa shape index (κ3) is 3.63. The molecule has 1 saturated heterocycles. The molecule has 6 N–H and O–H groups in total. The number of aryl methyl sites for hydroxylation is 1. The maximum Gasteiger partial charge on any atom is 0.223 e. The Balaban J connectivity index is 2.35. The van der Waals surface area contributed by atoms with E-state index >= 15 is 0 Å². The van der Waals surface area contributed by atoms with Crippen molar-refractivity contribution in [2.75, 3.05) is 18.0 Å². The van der Waals surface area contributed by atoms with E-state index in [4.69, 9.17) is 17.2 Å². The zero-order valence-corrected chi connectivity index (χ0v) is 11.8. The Morgan fingerprint density at radius 2 is 1.80 bits per heavy atom. The van der Waals surface area contributed by atoms with Gasteiger partial charge in [0.25, 0.3) is 0 Å². The molecule has 0 unspecified atom stereocenters. The van der Waals surface area contributed by atoms with Gasteiger partial charge >= 0.3 is 0 Å². The van der Waals surface area contributed by atoms with Crippen LogP contribution < -0.4 is 22.1 Å². The molecule has 1 aliphatic rings. The lowest BCUT2D eigenvalue weighted by Crippen LogP contribution is -2.29. The monoisotopic (exact) mass is 274 g/mol. The topological polar surface area (TPSA) is 106 Å². The summed E-state index contributed by atoms with van der Waals surface area (Å²) in [6, 6.07) is 6.17. The molecule has 1 aromatic carbocycles. The van der Waals surface area contributed by atoms with Crippen LogP contribution in [0.15, 0.2) is 28.2 Å². The lowest BCUT2D eigenvalue weighted by Gasteiger charge is -2.29. The van der Waals surface area contributed by atoms with Crippen molar-refractivity contribution in [2.24, 2.45) is 27.2 Å². The molecule has 0 aliphatic carbocycles. The molecular formula is C14H22N6. The van der Waals surface area contributed by atoms with Gasteiger partial charge in [0.2, 0.25) is 5.96 Å². The molecule has 6 nitrogen and oxygen atoms in total. The Bertz CT molecular complexity index is 524. The summed E-state index contributed by atoms with van der Waals surface area (Å²) in [6.45, 7) is 4.12. The van der Waals surface area contributed by atoms with Crippen molar-refractivity contribution >= 4 is 23.3 Å². The lowest BCUT2D eigenvalue weighted by molar-refractivity contribution is 0.578. The summed E-state index contributed by atoms with van der Waals surface area (Å²) < 4.78 is 0. The van der Waals surface area contributed by atoms with Gasteiger partial charge in [0, 0.05) is 13.1 Å². The summed E-state index contributed by atoms with van der Waals surface area (Å²) in [5, 5.41) is 0. The molecule has 0 amide bonds. The van der Waals surface area contributed by atoms with Crippen LogP contribution in [0.5, 0.6) is 0 Å². The predicted molar refractivity (Wildman–Crippen MR) is 84.3 cm³/mol. The first kappa shape index (κ1) is 14.2. The van der Waals surface area contributed by atoms with E-state index in [1.807, 2.05) is 13.0 Å². The van der Waals surface area contributed by atoms with Gasteiger partial charge in [-0.3, -0.25) is 0 Å². The van der Waals surface area contributed by atoms with E-state index < -0.39 is 0 Å². The van der Waals surface area contributed by atoms with E-state index in [9.17, 15) is 0 Å². The fraction of sp³-hybridized carbons (Fsp3) is 0.429. The molecule has 6 heteroatoms. The van der Waals surface area contributed by atoms with Crippen LogP contribution in [0.4, 0.5) is 11.4 Å². The van der Waals surface area contributed by atoms with Crippen molar-refractivity contribution in [1.82, 2.24) is 0 Å². The highest BCUT2D eigenvalue weighted by atomic mass is 15.2. The molecule has 108 valence electrons. The van der Waals surface area contributed by atoms with Gasteiger partial charge in [0.15, 0.2) is 5.96 Å². The molecule has 2 rings (SSSR count). The van der Waals surface area contributed by atoms with E-state index in [0.717, 1.165) is 30.0 Å². The first-order chi connectivity index (χ1) is 9.56. The largest absolute Gasteiger partial charge is 0.370 e. The molecule has 1 fully saturated rings. The summed E-state index contributed by atoms with van der Waals surface area (Å²) in [5.74, 6) is -0.00714. The molecule has 1 heterocycles. The van der Waals surface area contributed by atoms with E-state index in [0.29, 0.717) is 0 Å². The molecule has 0 atom stereocenters. The number of hydrogen-bond acceptors (Lipinski definition) is 2. The first-order valence-electron chi connectivity index (χ1n) is 6.85. The highest BCUT2D eigenvalue weighted by Gasteiger charge is 2.14. The number of nitrogens with zero attached hydrogens (tertiary/aromatic N) is 3. The van der Waals surface area contributed by atoms with Crippen LogP contribution in [0.25, 0.3) is 0 Å². The Hall–Kier alpha value is -2.24. The minimum atomic E-state index is -0.0848. The number of guanidine groups is 2. The molecule has 1 aromatic rings. The average molecular weight is 274 g/mol. The minimum Gasteiger partial charge on any atom is -0.370 e. The first-order valence-corrected chi connectivity index (χ1v) is 6.85. The van der Waals surface area contributed by atoms with Crippen LogP contribution in [0.3, 0.4) is 0 Å². The molecule has 0 aromatic heterocycles. The predicted octanol–water partition coefficient (Wildman–Crippen LogP) is 1.20. The maximum absolute atomic E-state index is 5.74. The summed E-state index contributed by atoms with van der Waals surface area (Å²) in [6.07, 6.45) is 3.71. The van der Waals surface area contributed by atoms with Gasteiger partial charge in [-0.2, -0.15) is 4.99 Å². The van der Waals surface area contributed by atoms with Gasteiger partial charge in [-0.15, -0.1) is 0 Å². The summed E-state index contributed by atoms with van der Waals surface area (Å²) >= 11 is 0. The van der Waals surface area contributed by atoms with Crippen molar-refractivity contribution in [1.29, 1.82) is 0 Å². The SMILES string of the molecule is Cc1ccc(N2CCCCC2)c(N=C(N)N=C(N)N)c1. The summed E-state index contributed by atoms with van der Waals surface area (Å²) in [7, 11) is 0. The number of anilines is 1. The fourth-order valence-corrected chi connectivity index (χ4v) is 2.41. The summed E-state index contributed by atoms with van der Waals surface area (Å²) in [4.78, 5) is 10.4. The van der Waals surface area contributed by atoms with Gasteiger partial charge in [0.05, 0.1) is 11.4 Å². The van der Waals surface area contributed by atoms with Crippen molar-refractivity contribution in [2.45, 2.75) is 26.2 Å². The Kier molecular flexibility index (Phi) is 4.45. The van der Waals surface area contributed by atoms with E-state index in [2.05, 4.69) is 27.0 Å². The van der Waals surface area contributed by atoms with Gasteiger partial charge in [-0.05, 0) is 43.9 Å². The number of rotatable bonds is 2. The smallest absolute Gasteiger partial charge is 0.223 e. The van der Waals surface area contributed by atoms with Gasteiger partial charge in [-0.25, -0.2) is 4.99 Å². The minimum absolute atomic E-state index is 0.0776. The normalized spacial score (nSPS) is 16.1. The van der Waals surface area contributed by atoms with E-state index in [1.54, 1.807) is 0 Å². The van der Waals surface area contributed by atoms with Crippen LogP contribution in [0.1, 0.15) is 24.8 Å². The molecule has 20 heavy (non-hydrogen) atoms. The Morgan fingerprint density at radius 3 is 2.45 bits per heavy atom. The van der Waals surface area contributed by atoms with Crippen LogP contribution in [-0.2, 0) is 0 Å². The van der Waals surface area contributed by atoms with Crippen LogP contribution >= 0.6 is 0 Å². The zero-order valence-electron chi connectivity index (χ0n) is 11.8. The number of piperidine rings is 1. The van der Waals surface area contributed by atoms with Crippen LogP contribution in [0.2, 0.25) is 0 Å². The van der Waals surface area contributed by atoms with Crippen LogP contribution in [-0.4, -0.2) is 25.0 Å². The van der Waals surface area contributed by atoms with Crippen LogP contribution in [0, 0.1) is 6.92 Å². The van der Waals surface area contributed by atoms with E-state index in [1.165, 1.54) is 19.3 Å². The number of benzene rings is 1.